The number of nitrogens with zero attached hydrogens (tertiary/aromatic N) is 1. The fraction of sp³-hybridized carbons (Fsp3) is 1.00. The normalized spacial score (nSPS) is 30.7. The number of hydrogen-bond donors (Lipinski definition) is 1. The number of hydrazine groups is 1. The first-order valence-corrected chi connectivity index (χ1v) is 3.49. The molecule has 0 aromatic heterocycles. The minimum atomic E-state index is 0.427. The van der Waals surface area contributed by atoms with E-state index in [2.05, 4.69) is 6.92 Å². The van der Waals surface area contributed by atoms with Gasteiger partial charge in [-0.3, -0.25) is 5.01 Å². The van der Waals surface area contributed by atoms with Crippen molar-refractivity contribution in [2.45, 2.75) is 32.2 Å². The summed E-state index contributed by atoms with van der Waals surface area (Å²) in [6, 6.07) is 0.427. The van der Waals surface area contributed by atoms with Gasteiger partial charge in [0.25, 0.3) is 0 Å². The van der Waals surface area contributed by atoms with Crippen LogP contribution < -0.4 is 5.59 Å². The highest BCUT2D eigenvalue weighted by molar-refractivity contribution is 4.69. The molecule has 54 valence electrons. The number of hydrogen-bond acceptors (Lipinski definition) is 3. The topological polar surface area (TPSA) is 38.3 Å². The Morgan fingerprint density at radius 3 is 2.78 bits per heavy atom. The van der Waals surface area contributed by atoms with Crippen LogP contribution in [-0.2, 0) is 0 Å². The molecule has 9 heavy (non-hydrogen) atoms. The minimum absolute atomic E-state index is 0.427. The zero-order valence-corrected chi connectivity index (χ0v) is 5.76. The van der Waals surface area contributed by atoms with E-state index in [4.69, 9.17) is 0 Å². The zero-order chi connectivity index (χ0) is 6.69. The van der Waals surface area contributed by atoms with E-state index >= 15 is 0 Å². The molecule has 0 aromatic rings. The summed E-state index contributed by atoms with van der Waals surface area (Å²) in [5, 5.41) is 11.9. The molecule has 0 aliphatic carbocycles. The Bertz CT molecular complexity index is 87.1. The average Bonchev–Trinajstić information content (AvgIpc) is 1.89. The van der Waals surface area contributed by atoms with Gasteiger partial charge in [-0.2, -0.15) is 0 Å². The molecule has 1 N–H and O–H groups in total. The van der Waals surface area contributed by atoms with Gasteiger partial charge < -0.3 is 10.8 Å². The van der Waals surface area contributed by atoms with Gasteiger partial charge in [-0.1, -0.05) is 6.42 Å². The molecule has 1 aliphatic heterocycles. The molecular formula is C6H13N2O-. The highest BCUT2D eigenvalue weighted by Crippen LogP contribution is 2.12. The summed E-state index contributed by atoms with van der Waals surface area (Å²) in [7, 11) is 0. The predicted molar refractivity (Wildman–Crippen MR) is 36.5 cm³/mol. The molecule has 3 heteroatoms. The Morgan fingerprint density at radius 1 is 1.56 bits per heavy atom. The number of nitrogens with one attached hydrogen (secondary N) is 1. The van der Waals surface area contributed by atoms with Gasteiger partial charge in [0.15, 0.2) is 0 Å². The third-order valence-electron chi connectivity index (χ3n) is 1.92. The van der Waals surface area contributed by atoms with Gasteiger partial charge in [0, 0.05) is 12.6 Å². The fourth-order valence-corrected chi connectivity index (χ4v) is 1.23. The van der Waals surface area contributed by atoms with Crippen LogP contribution in [0.1, 0.15) is 26.2 Å². The molecule has 0 aromatic carbocycles. The Balaban J connectivity index is 2.30. The maximum atomic E-state index is 10.2. The van der Waals surface area contributed by atoms with E-state index in [0.717, 1.165) is 19.4 Å². The van der Waals surface area contributed by atoms with Crippen LogP contribution in [0.5, 0.6) is 0 Å². The smallest absolute Gasteiger partial charge is 0.0205 e. The molecule has 0 spiro atoms. The lowest BCUT2D eigenvalue weighted by Crippen LogP contribution is -2.44. The minimum Gasteiger partial charge on any atom is -0.774 e. The van der Waals surface area contributed by atoms with Crippen molar-refractivity contribution in [1.82, 2.24) is 10.6 Å². The molecule has 1 saturated heterocycles. The molecule has 1 aliphatic rings. The lowest BCUT2D eigenvalue weighted by molar-refractivity contribution is 0.120. The van der Waals surface area contributed by atoms with E-state index in [1.54, 1.807) is 5.01 Å². The molecule has 1 rings (SSSR count). The largest absolute Gasteiger partial charge is 0.774 e. The zero-order valence-electron chi connectivity index (χ0n) is 5.76. The molecule has 0 bridgehead atoms. The highest BCUT2D eigenvalue weighted by atomic mass is 16.5. The van der Waals surface area contributed by atoms with Crippen LogP contribution in [-0.4, -0.2) is 17.6 Å². The quantitative estimate of drug-likeness (QED) is 0.534. The number of rotatable bonds is 1. The van der Waals surface area contributed by atoms with Gasteiger partial charge in [-0.15, -0.1) is 0 Å². The van der Waals surface area contributed by atoms with Crippen molar-refractivity contribution in [3.05, 3.63) is 5.21 Å². The maximum Gasteiger partial charge on any atom is 0.0205 e. The van der Waals surface area contributed by atoms with Gasteiger partial charge in [0.1, 0.15) is 0 Å². The summed E-state index contributed by atoms with van der Waals surface area (Å²) in [6.07, 6.45) is 3.56. The van der Waals surface area contributed by atoms with Crippen LogP contribution in [0.3, 0.4) is 0 Å². The van der Waals surface area contributed by atoms with Gasteiger partial charge >= 0.3 is 0 Å². The monoisotopic (exact) mass is 129 g/mol. The second kappa shape index (κ2) is 3.15. The second-order valence-electron chi connectivity index (χ2n) is 2.63. The molecule has 1 unspecified atom stereocenters. The Morgan fingerprint density at radius 2 is 2.33 bits per heavy atom. The van der Waals surface area contributed by atoms with Crippen molar-refractivity contribution in [3.8, 4) is 0 Å². The highest BCUT2D eigenvalue weighted by Gasteiger charge is 2.13. The Kier molecular flexibility index (Phi) is 2.45. The van der Waals surface area contributed by atoms with E-state index in [9.17, 15) is 5.21 Å². The van der Waals surface area contributed by atoms with Crippen molar-refractivity contribution >= 4 is 0 Å². The first kappa shape index (κ1) is 6.99. The molecule has 1 atom stereocenters. The molecule has 3 nitrogen and oxygen atoms in total. The van der Waals surface area contributed by atoms with Crippen LogP contribution in [0.25, 0.3) is 0 Å². The average molecular weight is 129 g/mol. The maximum absolute atomic E-state index is 10.2. The van der Waals surface area contributed by atoms with Gasteiger partial charge in [0.05, 0.1) is 0 Å². The standard InChI is InChI=1S/C6H13N2O/c1-6-4-2-3-5-8(6)7-9/h6-7H,2-5H2,1H3/q-1. The van der Waals surface area contributed by atoms with Crippen LogP contribution in [0.15, 0.2) is 0 Å². The SMILES string of the molecule is CC1CCCCN1N[O-]. The van der Waals surface area contributed by atoms with Gasteiger partial charge in [-0.25, -0.2) is 0 Å². The first-order valence-electron chi connectivity index (χ1n) is 3.49. The Hall–Kier alpha value is -0.120. The molecule has 0 saturated carbocycles. The summed E-state index contributed by atoms with van der Waals surface area (Å²) in [6.45, 7) is 2.98. The molecule has 1 fully saturated rings. The Labute approximate surface area is 55.6 Å². The fourth-order valence-electron chi connectivity index (χ4n) is 1.23. The van der Waals surface area contributed by atoms with Crippen molar-refractivity contribution in [3.63, 3.8) is 0 Å². The summed E-state index contributed by atoms with van der Waals surface area (Å²) in [5.41, 5.74) is 1.94. The van der Waals surface area contributed by atoms with Crippen LogP contribution in [0, 0.1) is 5.21 Å². The third-order valence-corrected chi connectivity index (χ3v) is 1.92. The van der Waals surface area contributed by atoms with Crippen molar-refractivity contribution in [2.75, 3.05) is 6.54 Å². The summed E-state index contributed by atoms with van der Waals surface area (Å²) < 4.78 is 0. The molecular weight excluding hydrogens is 116 g/mol. The third kappa shape index (κ3) is 1.64. The van der Waals surface area contributed by atoms with E-state index in [0.29, 0.717) is 6.04 Å². The molecule has 0 amide bonds. The van der Waals surface area contributed by atoms with E-state index in [1.165, 1.54) is 6.42 Å². The van der Waals surface area contributed by atoms with E-state index < -0.39 is 0 Å². The second-order valence-corrected chi connectivity index (χ2v) is 2.63. The van der Waals surface area contributed by atoms with Crippen molar-refractivity contribution in [1.29, 1.82) is 0 Å². The van der Waals surface area contributed by atoms with E-state index in [-0.39, 0.29) is 0 Å². The lowest BCUT2D eigenvalue weighted by Gasteiger charge is -2.36. The summed E-state index contributed by atoms with van der Waals surface area (Å²) in [4.78, 5) is 0. The number of piperidine rings is 1. The van der Waals surface area contributed by atoms with Crippen molar-refractivity contribution in [2.24, 2.45) is 0 Å². The summed E-state index contributed by atoms with van der Waals surface area (Å²) in [5.74, 6) is 0. The lowest BCUT2D eigenvalue weighted by atomic mass is 10.1. The van der Waals surface area contributed by atoms with Crippen LogP contribution in [0.4, 0.5) is 0 Å². The molecule has 0 radical (unpaired) electrons. The summed E-state index contributed by atoms with van der Waals surface area (Å²) >= 11 is 0. The van der Waals surface area contributed by atoms with Crippen LogP contribution >= 0.6 is 0 Å². The van der Waals surface area contributed by atoms with Crippen molar-refractivity contribution < 1.29 is 0 Å². The van der Waals surface area contributed by atoms with Crippen LogP contribution in [0.2, 0.25) is 0 Å². The van der Waals surface area contributed by atoms with Gasteiger partial charge in [-0.05, 0) is 19.8 Å². The molecule has 1 heterocycles. The van der Waals surface area contributed by atoms with Gasteiger partial charge in [0.2, 0.25) is 0 Å². The first-order chi connectivity index (χ1) is 4.34. The predicted octanol–water partition coefficient (Wildman–Crippen LogP) is 0.863. The van der Waals surface area contributed by atoms with E-state index in [1.807, 2.05) is 5.59 Å².